The average molecular weight is 448 g/mol. The van der Waals surface area contributed by atoms with Gasteiger partial charge in [0.05, 0.1) is 4.91 Å². The Morgan fingerprint density at radius 3 is 2.90 bits per heavy atom. The molecule has 0 radical (unpaired) electrons. The number of rotatable bonds is 3. The molecule has 0 unspecified atom stereocenters. The summed E-state index contributed by atoms with van der Waals surface area (Å²) in [7, 11) is 3.96. The van der Waals surface area contributed by atoms with E-state index in [4.69, 9.17) is 4.74 Å². The molecule has 8 nitrogen and oxygen atoms in total. The molecular formula is C21H26FN5O3S. The maximum atomic E-state index is 13.9. The number of benzene rings is 1. The molecule has 0 bridgehead atoms. The predicted molar refractivity (Wildman–Crippen MR) is 118 cm³/mol. The molecule has 31 heavy (non-hydrogen) atoms. The molecule has 0 spiro atoms. The van der Waals surface area contributed by atoms with Crippen LogP contribution in [0.15, 0.2) is 28.1 Å². The molecule has 2 saturated heterocycles. The number of hydrogen-bond acceptors (Lipinski definition) is 7. The molecule has 1 N–H and O–H groups in total. The molecule has 2 fully saturated rings. The number of likely N-dealkylation sites (N-methyl/N-ethyl adjacent to an activating group) is 1. The second-order valence-electron chi connectivity index (χ2n) is 7.98. The minimum Gasteiger partial charge on any atom is -0.410 e. The molecule has 10 heteroatoms. The van der Waals surface area contributed by atoms with Gasteiger partial charge in [-0.25, -0.2) is 14.6 Å². The van der Waals surface area contributed by atoms with Crippen LogP contribution in [0.25, 0.3) is 6.08 Å². The minimum atomic E-state index is -0.477. The van der Waals surface area contributed by atoms with E-state index in [0.29, 0.717) is 28.7 Å². The minimum absolute atomic E-state index is 0.213. The van der Waals surface area contributed by atoms with Gasteiger partial charge in [0.1, 0.15) is 11.6 Å². The van der Waals surface area contributed by atoms with Crippen LogP contribution in [0, 0.1) is 5.82 Å². The summed E-state index contributed by atoms with van der Waals surface area (Å²) in [5.41, 5.74) is 3.55. The lowest BCUT2D eigenvalue weighted by Crippen LogP contribution is -2.45. The molecule has 1 atom stereocenters. The standard InChI is InChI=1S/C21H26FN5O3S/c1-25(2)16-7-10-26(13-16)21(29)30-17-6-5-15(22)11-14(17)12-18-19(28)24-20(31-18)27-9-4-3-8-23-27/h5-6,11-12,16,23H,3-4,7-10,13H2,1-2H3/b18-12-/t16-/m1/s1. The van der Waals surface area contributed by atoms with E-state index in [1.165, 1.54) is 36.0 Å². The first-order valence-electron chi connectivity index (χ1n) is 10.4. The summed E-state index contributed by atoms with van der Waals surface area (Å²) in [6.45, 7) is 2.80. The Labute approximate surface area is 185 Å². The Balaban J connectivity index is 1.49. The van der Waals surface area contributed by atoms with Crippen LogP contribution in [-0.2, 0) is 4.79 Å². The van der Waals surface area contributed by atoms with Crippen LogP contribution >= 0.6 is 11.8 Å². The quantitative estimate of drug-likeness (QED) is 0.714. The van der Waals surface area contributed by atoms with Crippen LogP contribution in [0.1, 0.15) is 24.8 Å². The highest BCUT2D eigenvalue weighted by molar-refractivity contribution is 8.18. The fraction of sp³-hybridized carbons (Fsp3) is 0.476. The van der Waals surface area contributed by atoms with Crippen molar-refractivity contribution in [2.24, 2.45) is 4.99 Å². The monoisotopic (exact) mass is 447 g/mol. The van der Waals surface area contributed by atoms with Crippen molar-refractivity contribution in [3.05, 3.63) is 34.5 Å². The number of hydrazine groups is 1. The largest absolute Gasteiger partial charge is 0.415 e. The molecular weight excluding hydrogens is 421 g/mol. The van der Waals surface area contributed by atoms with Crippen molar-refractivity contribution in [3.63, 3.8) is 0 Å². The first-order valence-corrected chi connectivity index (χ1v) is 11.2. The zero-order chi connectivity index (χ0) is 22.0. The van der Waals surface area contributed by atoms with Crippen molar-refractivity contribution in [2.45, 2.75) is 25.3 Å². The van der Waals surface area contributed by atoms with E-state index >= 15 is 0 Å². The van der Waals surface area contributed by atoms with E-state index in [0.717, 1.165) is 32.4 Å². The number of nitrogens with zero attached hydrogens (tertiary/aromatic N) is 4. The number of hydrogen-bond donors (Lipinski definition) is 1. The topological polar surface area (TPSA) is 77.5 Å². The highest BCUT2D eigenvalue weighted by atomic mass is 32.2. The second-order valence-corrected chi connectivity index (χ2v) is 8.99. The lowest BCUT2D eigenvalue weighted by Gasteiger charge is -2.28. The Bertz CT molecular complexity index is 930. The second kappa shape index (κ2) is 9.37. The van der Waals surface area contributed by atoms with Crippen LogP contribution in [0.3, 0.4) is 0 Å². The maximum Gasteiger partial charge on any atom is 0.415 e. The highest BCUT2D eigenvalue weighted by Gasteiger charge is 2.30. The number of halogens is 1. The van der Waals surface area contributed by atoms with E-state index in [2.05, 4.69) is 15.3 Å². The molecule has 3 aliphatic rings. The first-order chi connectivity index (χ1) is 14.9. The Hall–Kier alpha value is -2.43. The highest BCUT2D eigenvalue weighted by Crippen LogP contribution is 2.33. The average Bonchev–Trinajstić information content (AvgIpc) is 3.38. The van der Waals surface area contributed by atoms with Gasteiger partial charge in [-0.2, -0.15) is 4.99 Å². The fourth-order valence-electron chi connectivity index (χ4n) is 3.72. The van der Waals surface area contributed by atoms with Crippen molar-refractivity contribution in [2.75, 3.05) is 40.3 Å². The molecule has 4 rings (SSSR count). The summed E-state index contributed by atoms with van der Waals surface area (Å²) in [5, 5.41) is 2.45. The summed E-state index contributed by atoms with van der Waals surface area (Å²) >= 11 is 1.23. The number of carbonyl (C=O) groups is 2. The van der Waals surface area contributed by atoms with Crippen molar-refractivity contribution in [1.29, 1.82) is 0 Å². The third-order valence-corrected chi connectivity index (χ3v) is 6.57. The molecule has 3 heterocycles. The number of amides is 2. The van der Waals surface area contributed by atoms with Gasteiger partial charge in [-0.05, 0) is 69.4 Å². The first kappa shape index (κ1) is 21.8. The summed E-state index contributed by atoms with van der Waals surface area (Å²) in [4.78, 5) is 33.3. The van der Waals surface area contributed by atoms with Gasteiger partial charge in [0.15, 0.2) is 5.17 Å². The molecule has 1 aromatic carbocycles. The van der Waals surface area contributed by atoms with Gasteiger partial charge in [-0.3, -0.25) is 9.80 Å². The molecule has 0 saturated carbocycles. The maximum absolute atomic E-state index is 13.9. The third-order valence-electron chi connectivity index (χ3n) is 5.56. The lowest BCUT2D eigenvalue weighted by molar-refractivity contribution is -0.113. The van der Waals surface area contributed by atoms with E-state index < -0.39 is 11.9 Å². The van der Waals surface area contributed by atoms with E-state index in [-0.39, 0.29) is 17.7 Å². The van der Waals surface area contributed by atoms with Gasteiger partial charge in [-0.1, -0.05) is 0 Å². The van der Waals surface area contributed by atoms with Gasteiger partial charge in [0.2, 0.25) is 0 Å². The molecule has 3 aliphatic heterocycles. The van der Waals surface area contributed by atoms with E-state index in [9.17, 15) is 14.0 Å². The predicted octanol–water partition coefficient (Wildman–Crippen LogP) is 2.53. The van der Waals surface area contributed by atoms with Gasteiger partial charge in [0, 0.05) is 37.8 Å². The Morgan fingerprint density at radius 1 is 1.35 bits per heavy atom. The zero-order valence-electron chi connectivity index (χ0n) is 17.6. The summed E-state index contributed by atoms with van der Waals surface area (Å²) in [6.07, 6.45) is 4.03. The summed E-state index contributed by atoms with van der Waals surface area (Å²) in [5.74, 6) is -0.651. The van der Waals surface area contributed by atoms with Crippen molar-refractivity contribution >= 4 is 35.0 Å². The van der Waals surface area contributed by atoms with Crippen LogP contribution < -0.4 is 10.2 Å². The zero-order valence-corrected chi connectivity index (χ0v) is 18.5. The number of thioether (sulfide) groups is 1. The number of ether oxygens (including phenoxy) is 1. The number of carbonyl (C=O) groups excluding carboxylic acids is 2. The molecule has 0 aliphatic carbocycles. The van der Waals surface area contributed by atoms with Crippen LogP contribution in [-0.4, -0.2) is 78.3 Å². The Kier molecular flexibility index (Phi) is 6.59. The van der Waals surface area contributed by atoms with E-state index in [1.54, 1.807) is 4.90 Å². The summed E-state index contributed by atoms with van der Waals surface area (Å²) < 4.78 is 19.5. The molecule has 1 aromatic rings. The van der Waals surface area contributed by atoms with Crippen LogP contribution in [0.4, 0.5) is 9.18 Å². The lowest BCUT2D eigenvalue weighted by atomic mass is 10.2. The molecule has 0 aromatic heterocycles. The number of nitrogens with one attached hydrogen (secondary N) is 1. The van der Waals surface area contributed by atoms with Gasteiger partial charge < -0.3 is 14.5 Å². The summed E-state index contributed by atoms with van der Waals surface area (Å²) in [6, 6.07) is 4.19. The van der Waals surface area contributed by atoms with Gasteiger partial charge in [0.25, 0.3) is 5.91 Å². The third kappa shape index (κ3) is 5.08. The SMILES string of the molecule is CN(C)[C@@H]1CCN(C(=O)Oc2ccc(F)cc2/C=C2\SC(N3CCCCN3)=NC2=O)C1. The van der Waals surface area contributed by atoms with E-state index in [1.807, 2.05) is 19.1 Å². The molecule has 166 valence electrons. The Morgan fingerprint density at radius 2 is 2.19 bits per heavy atom. The van der Waals surface area contributed by atoms with Crippen molar-refractivity contribution in [1.82, 2.24) is 20.2 Å². The van der Waals surface area contributed by atoms with Gasteiger partial charge >= 0.3 is 6.09 Å². The van der Waals surface area contributed by atoms with Gasteiger partial charge in [-0.15, -0.1) is 0 Å². The number of amidine groups is 1. The van der Waals surface area contributed by atoms with Crippen molar-refractivity contribution < 1.29 is 18.7 Å². The smallest absolute Gasteiger partial charge is 0.410 e. The van der Waals surface area contributed by atoms with Crippen LogP contribution in [0.5, 0.6) is 5.75 Å². The molecule has 2 amide bonds. The number of aliphatic imine (C=N–C) groups is 1. The number of likely N-dealkylation sites (tertiary alicyclic amines) is 1. The normalized spacial score (nSPS) is 23.1. The van der Waals surface area contributed by atoms with Crippen molar-refractivity contribution in [3.8, 4) is 5.75 Å². The fourth-order valence-corrected chi connectivity index (χ4v) is 4.63. The van der Waals surface area contributed by atoms with Crippen LogP contribution in [0.2, 0.25) is 0 Å².